The fourth-order valence-electron chi connectivity index (χ4n) is 2.28. The molecule has 0 spiro atoms. The highest BCUT2D eigenvalue weighted by Gasteiger charge is 2.13. The molecule has 0 amide bonds. The summed E-state index contributed by atoms with van der Waals surface area (Å²) in [5.41, 5.74) is 2.95. The highest BCUT2D eigenvalue weighted by Crippen LogP contribution is 2.28. The summed E-state index contributed by atoms with van der Waals surface area (Å²) in [6, 6.07) is 12.9. The molecule has 90 valence electrons. The lowest BCUT2D eigenvalue weighted by Gasteiger charge is -2.19. The molecule has 0 unspecified atom stereocenters. The summed E-state index contributed by atoms with van der Waals surface area (Å²) < 4.78 is 0. The zero-order valence-corrected chi connectivity index (χ0v) is 11.5. The van der Waals surface area contributed by atoms with Gasteiger partial charge in [-0.3, -0.25) is 0 Å². The average molecular weight is 247 g/mol. The van der Waals surface area contributed by atoms with Crippen LogP contribution in [0.25, 0.3) is 10.8 Å². The molecule has 0 N–H and O–H groups in total. The summed E-state index contributed by atoms with van der Waals surface area (Å²) in [7, 11) is 0. The zero-order chi connectivity index (χ0) is 12.5. The molecule has 2 aromatic rings. The van der Waals surface area contributed by atoms with E-state index in [0.29, 0.717) is 11.3 Å². The maximum atomic E-state index is 5.99. The van der Waals surface area contributed by atoms with Crippen molar-refractivity contribution >= 4 is 22.4 Å². The molecule has 0 bridgehead atoms. The first-order valence-electron chi connectivity index (χ1n) is 6.07. The Balaban J connectivity index is 2.58. The molecule has 0 heterocycles. The molecule has 2 rings (SSSR count). The molecule has 1 heteroatoms. The van der Waals surface area contributed by atoms with Gasteiger partial charge in [-0.25, -0.2) is 0 Å². The molecule has 0 fully saturated rings. The third kappa shape index (κ3) is 2.81. The topological polar surface area (TPSA) is 0 Å². The lowest BCUT2D eigenvalue weighted by Crippen LogP contribution is -2.09. The molecular weight excluding hydrogens is 228 g/mol. The summed E-state index contributed by atoms with van der Waals surface area (Å²) in [5.74, 6) is 0.580. The van der Waals surface area contributed by atoms with Crippen molar-refractivity contribution in [2.75, 3.05) is 0 Å². The monoisotopic (exact) mass is 246 g/mol. The van der Waals surface area contributed by atoms with E-state index in [1.807, 2.05) is 0 Å². The van der Waals surface area contributed by atoms with Crippen LogP contribution in [0.1, 0.15) is 31.9 Å². The molecule has 0 aliphatic rings. The van der Waals surface area contributed by atoms with Crippen LogP contribution in [0.5, 0.6) is 0 Å². The van der Waals surface area contributed by atoms with Gasteiger partial charge in [0.25, 0.3) is 0 Å². The summed E-state index contributed by atoms with van der Waals surface area (Å²) in [5, 5.41) is 2.64. The molecule has 0 aromatic heterocycles. The van der Waals surface area contributed by atoms with E-state index in [0.717, 1.165) is 6.42 Å². The van der Waals surface area contributed by atoms with Crippen LogP contribution in [-0.4, -0.2) is 0 Å². The van der Waals surface area contributed by atoms with Crippen LogP contribution in [0.4, 0.5) is 0 Å². The number of halogens is 1. The summed E-state index contributed by atoms with van der Waals surface area (Å²) >= 11 is 5.99. The molecule has 0 radical (unpaired) electrons. The molecule has 2 aromatic carbocycles. The van der Waals surface area contributed by atoms with E-state index in [4.69, 9.17) is 11.6 Å². The van der Waals surface area contributed by atoms with Gasteiger partial charge < -0.3 is 0 Å². The molecule has 0 aliphatic carbocycles. The van der Waals surface area contributed by atoms with Crippen molar-refractivity contribution in [2.45, 2.75) is 33.1 Å². The minimum Gasteiger partial charge on any atom is -0.122 e. The van der Waals surface area contributed by atoms with Crippen LogP contribution in [0, 0.1) is 5.41 Å². The standard InChI is InChI=1S/C16H19Cl/c1-16(2,3)10-12-6-4-9-15-13(11-17)7-5-8-14(12)15/h4-9H,10-11H2,1-3H3. The van der Waals surface area contributed by atoms with Gasteiger partial charge in [-0.05, 0) is 33.7 Å². The fraction of sp³-hybridized carbons (Fsp3) is 0.375. The first-order valence-corrected chi connectivity index (χ1v) is 6.60. The van der Waals surface area contributed by atoms with E-state index in [9.17, 15) is 0 Å². The first kappa shape index (κ1) is 12.4. The van der Waals surface area contributed by atoms with Crippen LogP contribution in [0.2, 0.25) is 0 Å². The quantitative estimate of drug-likeness (QED) is 0.642. The van der Waals surface area contributed by atoms with Gasteiger partial charge in [0.05, 0.1) is 0 Å². The number of alkyl halides is 1. The van der Waals surface area contributed by atoms with Gasteiger partial charge in [0, 0.05) is 5.88 Å². The predicted octanol–water partition coefficient (Wildman–Crippen LogP) is 5.17. The third-order valence-electron chi connectivity index (χ3n) is 2.97. The van der Waals surface area contributed by atoms with Gasteiger partial charge in [-0.15, -0.1) is 11.6 Å². The third-order valence-corrected chi connectivity index (χ3v) is 3.26. The van der Waals surface area contributed by atoms with Gasteiger partial charge in [0.1, 0.15) is 0 Å². The normalized spacial score (nSPS) is 12.0. The zero-order valence-electron chi connectivity index (χ0n) is 10.8. The lowest BCUT2D eigenvalue weighted by atomic mass is 9.86. The molecule has 0 nitrogen and oxygen atoms in total. The van der Waals surface area contributed by atoms with E-state index in [2.05, 4.69) is 57.2 Å². The van der Waals surface area contributed by atoms with E-state index in [1.165, 1.54) is 21.9 Å². The van der Waals surface area contributed by atoms with Crippen LogP contribution in [-0.2, 0) is 12.3 Å². The summed E-state index contributed by atoms with van der Waals surface area (Å²) in [4.78, 5) is 0. The van der Waals surface area contributed by atoms with E-state index in [-0.39, 0.29) is 0 Å². The molecule has 0 atom stereocenters. The number of hydrogen-bond acceptors (Lipinski definition) is 0. The average Bonchev–Trinajstić information content (AvgIpc) is 2.27. The van der Waals surface area contributed by atoms with Gasteiger partial charge in [-0.2, -0.15) is 0 Å². The summed E-state index contributed by atoms with van der Waals surface area (Å²) in [6.45, 7) is 6.83. The van der Waals surface area contributed by atoms with Crippen molar-refractivity contribution in [1.82, 2.24) is 0 Å². The van der Waals surface area contributed by atoms with Crippen LogP contribution in [0.3, 0.4) is 0 Å². The van der Waals surface area contributed by atoms with Crippen LogP contribution >= 0.6 is 11.6 Å². The van der Waals surface area contributed by atoms with Crippen molar-refractivity contribution in [3.05, 3.63) is 47.5 Å². The van der Waals surface area contributed by atoms with Gasteiger partial charge >= 0.3 is 0 Å². The minimum atomic E-state index is 0.311. The molecule has 0 saturated heterocycles. The number of benzene rings is 2. The number of rotatable bonds is 2. The second kappa shape index (κ2) is 4.70. The molecule has 17 heavy (non-hydrogen) atoms. The Morgan fingerprint density at radius 1 is 0.882 bits per heavy atom. The van der Waals surface area contributed by atoms with Crippen molar-refractivity contribution < 1.29 is 0 Å². The maximum Gasteiger partial charge on any atom is 0.0480 e. The largest absolute Gasteiger partial charge is 0.122 e. The number of hydrogen-bond donors (Lipinski definition) is 0. The fourth-order valence-corrected chi connectivity index (χ4v) is 2.52. The summed E-state index contributed by atoms with van der Waals surface area (Å²) in [6.07, 6.45) is 1.09. The highest BCUT2D eigenvalue weighted by atomic mass is 35.5. The Labute approximate surface area is 109 Å². The van der Waals surface area contributed by atoms with Crippen molar-refractivity contribution in [3.8, 4) is 0 Å². The van der Waals surface area contributed by atoms with Crippen LogP contribution < -0.4 is 0 Å². The van der Waals surface area contributed by atoms with Crippen LogP contribution in [0.15, 0.2) is 36.4 Å². The van der Waals surface area contributed by atoms with Gasteiger partial charge in [-0.1, -0.05) is 57.2 Å². The Morgan fingerprint density at radius 2 is 1.41 bits per heavy atom. The Hall–Kier alpha value is -1.01. The SMILES string of the molecule is CC(C)(C)Cc1cccc2c(CCl)cccc12. The maximum absolute atomic E-state index is 5.99. The number of fused-ring (bicyclic) bond motifs is 1. The molecule has 0 aliphatic heterocycles. The van der Waals surface area contributed by atoms with E-state index in [1.54, 1.807) is 0 Å². The second-order valence-electron chi connectivity index (χ2n) is 5.80. The van der Waals surface area contributed by atoms with Crippen molar-refractivity contribution in [1.29, 1.82) is 0 Å². The van der Waals surface area contributed by atoms with Crippen molar-refractivity contribution in [2.24, 2.45) is 5.41 Å². The molecular formula is C16H19Cl. The Bertz CT molecular complexity index is 521. The lowest BCUT2D eigenvalue weighted by molar-refractivity contribution is 0.412. The smallest absolute Gasteiger partial charge is 0.0480 e. The highest BCUT2D eigenvalue weighted by molar-refractivity contribution is 6.18. The van der Waals surface area contributed by atoms with Crippen molar-refractivity contribution in [3.63, 3.8) is 0 Å². The minimum absolute atomic E-state index is 0.311. The van der Waals surface area contributed by atoms with Gasteiger partial charge in [0.15, 0.2) is 0 Å². The van der Waals surface area contributed by atoms with E-state index < -0.39 is 0 Å². The Kier molecular flexibility index (Phi) is 3.44. The van der Waals surface area contributed by atoms with E-state index >= 15 is 0 Å². The predicted molar refractivity (Wildman–Crippen MR) is 76.7 cm³/mol. The molecule has 0 saturated carbocycles. The first-order chi connectivity index (χ1) is 8.01. The second-order valence-corrected chi connectivity index (χ2v) is 6.07. The Morgan fingerprint density at radius 3 is 1.94 bits per heavy atom. The van der Waals surface area contributed by atoms with Gasteiger partial charge in [0.2, 0.25) is 0 Å².